The first-order valence-electron chi connectivity index (χ1n) is 9.26. The molecule has 0 aliphatic heterocycles. The minimum Gasteiger partial charge on any atom is -0.462 e. The lowest BCUT2D eigenvalue weighted by Gasteiger charge is -2.18. The van der Waals surface area contributed by atoms with Crippen molar-refractivity contribution in [2.75, 3.05) is 38.1 Å². The van der Waals surface area contributed by atoms with Crippen LogP contribution in [0.5, 0.6) is 0 Å². The number of hydrogen-bond acceptors (Lipinski definition) is 6. The lowest BCUT2D eigenvalue weighted by atomic mass is 10.1. The van der Waals surface area contributed by atoms with Crippen molar-refractivity contribution < 1.29 is 14.3 Å². The van der Waals surface area contributed by atoms with Crippen LogP contribution >= 0.6 is 11.3 Å². The number of nitrogens with zero attached hydrogens (tertiary/aromatic N) is 2. The first-order chi connectivity index (χ1) is 12.9. The van der Waals surface area contributed by atoms with Crippen LogP contribution in [0.4, 0.5) is 10.5 Å². The molecule has 0 fully saturated rings. The number of esters is 1. The Hall–Kier alpha value is -2.19. The first-order valence-corrected chi connectivity index (χ1v) is 10.1. The van der Waals surface area contributed by atoms with Gasteiger partial charge < -0.3 is 20.3 Å². The molecule has 2 aromatic heterocycles. The molecule has 0 spiro atoms. The van der Waals surface area contributed by atoms with Crippen LogP contribution in [-0.2, 0) is 4.74 Å². The summed E-state index contributed by atoms with van der Waals surface area (Å²) in [5.74, 6) is -0.448. The maximum Gasteiger partial charge on any atom is 0.350 e. The number of carbonyl (C=O) groups is 2. The maximum atomic E-state index is 12.4. The van der Waals surface area contributed by atoms with Gasteiger partial charge >= 0.3 is 12.0 Å². The Labute approximate surface area is 164 Å². The normalized spacial score (nSPS) is 11.0. The molecule has 0 aliphatic rings. The highest BCUT2D eigenvalue weighted by molar-refractivity contribution is 7.21. The second kappa shape index (κ2) is 9.66. The summed E-state index contributed by atoms with van der Waals surface area (Å²) >= 11 is 1.24. The van der Waals surface area contributed by atoms with E-state index < -0.39 is 5.97 Å². The number of urea groups is 1. The number of fused-ring (bicyclic) bond motifs is 1. The smallest absolute Gasteiger partial charge is 0.350 e. The molecule has 0 unspecified atom stereocenters. The Balaban J connectivity index is 2.25. The van der Waals surface area contributed by atoms with Crippen LogP contribution in [0.25, 0.3) is 10.2 Å². The Morgan fingerprint density at radius 2 is 1.93 bits per heavy atom. The van der Waals surface area contributed by atoms with Crippen molar-refractivity contribution in [3.63, 3.8) is 0 Å². The van der Waals surface area contributed by atoms with Crippen molar-refractivity contribution in [3.8, 4) is 0 Å². The van der Waals surface area contributed by atoms with E-state index in [9.17, 15) is 9.59 Å². The van der Waals surface area contributed by atoms with E-state index in [-0.39, 0.29) is 12.6 Å². The van der Waals surface area contributed by atoms with Gasteiger partial charge in [0.2, 0.25) is 0 Å². The largest absolute Gasteiger partial charge is 0.462 e. The van der Waals surface area contributed by atoms with E-state index in [2.05, 4.69) is 34.4 Å². The van der Waals surface area contributed by atoms with Crippen LogP contribution in [0, 0.1) is 13.8 Å². The number of amides is 2. The molecule has 2 heterocycles. The van der Waals surface area contributed by atoms with Gasteiger partial charge in [-0.15, -0.1) is 11.3 Å². The van der Waals surface area contributed by atoms with Gasteiger partial charge in [0.1, 0.15) is 9.71 Å². The van der Waals surface area contributed by atoms with Crippen LogP contribution in [0.2, 0.25) is 0 Å². The predicted octanol–water partition coefficient (Wildman–Crippen LogP) is 3.55. The number of pyridine rings is 1. The Kier molecular flexibility index (Phi) is 7.55. The molecule has 8 heteroatoms. The van der Waals surface area contributed by atoms with Gasteiger partial charge in [-0.2, -0.15) is 0 Å². The van der Waals surface area contributed by atoms with Gasteiger partial charge in [0.05, 0.1) is 12.3 Å². The summed E-state index contributed by atoms with van der Waals surface area (Å²) in [6.45, 7) is 13.2. The third-order valence-corrected chi connectivity index (χ3v) is 5.36. The van der Waals surface area contributed by atoms with Gasteiger partial charge in [-0.05, 0) is 45.5 Å². The highest BCUT2D eigenvalue weighted by Crippen LogP contribution is 2.37. The minimum atomic E-state index is -0.448. The summed E-state index contributed by atoms with van der Waals surface area (Å²) in [5.41, 5.74) is 2.30. The number of aromatic nitrogens is 1. The summed E-state index contributed by atoms with van der Waals surface area (Å²) in [5, 5.41) is 6.48. The highest BCUT2D eigenvalue weighted by Gasteiger charge is 2.23. The van der Waals surface area contributed by atoms with Crippen LogP contribution < -0.4 is 10.6 Å². The number of likely N-dealkylation sites (N-methyl/N-ethyl adjacent to an activating group) is 1. The third-order valence-electron chi connectivity index (χ3n) is 4.29. The van der Waals surface area contributed by atoms with Crippen molar-refractivity contribution in [2.45, 2.75) is 34.6 Å². The summed E-state index contributed by atoms with van der Waals surface area (Å²) in [4.78, 5) is 32.6. The molecule has 0 radical (unpaired) electrons. The van der Waals surface area contributed by atoms with Crippen LogP contribution in [0.3, 0.4) is 0 Å². The van der Waals surface area contributed by atoms with Crippen LogP contribution in [-0.4, -0.2) is 54.7 Å². The summed E-state index contributed by atoms with van der Waals surface area (Å²) < 4.78 is 5.16. The molecule has 0 saturated heterocycles. The monoisotopic (exact) mass is 392 g/mol. The van der Waals surface area contributed by atoms with E-state index in [4.69, 9.17) is 4.74 Å². The molecule has 27 heavy (non-hydrogen) atoms. The van der Waals surface area contributed by atoms with Crippen molar-refractivity contribution in [1.29, 1.82) is 0 Å². The standard InChI is InChI=1S/C19H28N4O3S/c1-6-23(7-2)10-9-20-19(25)22-15-14-12(4)11-13(5)21-17(14)27-16(15)18(24)26-8-3/h11H,6-10H2,1-5H3,(H2,20,22,25). The number of aryl methyl sites for hydroxylation is 2. The Bertz CT molecular complexity index is 815. The number of hydrogen-bond donors (Lipinski definition) is 2. The molecule has 2 N–H and O–H groups in total. The fourth-order valence-electron chi connectivity index (χ4n) is 2.93. The number of ether oxygens (including phenoxy) is 1. The fourth-order valence-corrected chi connectivity index (χ4v) is 4.07. The van der Waals surface area contributed by atoms with Gasteiger partial charge in [0.15, 0.2) is 0 Å². The average Bonchev–Trinajstić information content (AvgIpc) is 2.97. The lowest BCUT2D eigenvalue weighted by molar-refractivity contribution is 0.0533. The van der Waals surface area contributed by atoms with Crippen molar-refractivity contribution in [1.82, 2.24) is 15.2 Å². The molecule has 0 atom stereocenters. The Morgan fingerprint density at radius 3 is 2.56 bits per heavy atom. The van der Waals surface area contributed by atoms with Crippen molar-refractivity contribution >= 4 is 39.2 Å². The average molecular weight is 393 g/mol. The van der Waals surface area contributed by atoms with Crippen molar-refractivity contribution in [3.05, 3.63) is 22.2 Å². The molecular weight excluding hydrogens is 364 g/mol. The zero-order valence-electron chi connectivity index (χ0n) is 16.6. The molecule has 0 saturated carbocycles. The molecule has 2 rings (SSSR count). The molecule has 2 amide bonds. The number of thiophene rings is 1. The maximum absolute atomic E-state index is 12.4. The van der Waals surface area contributed by atoms with Crippen molar-refractivity contribution in [2.24, 2.45) is 0 Å². The van der Waals surface area contributed by atoms with E-state index in [1.807, 2.05) is 19.9 Å². The molecule has 0 aliphatic carbocycles. The zero-order chi connectivity index (χ0) is 20.0. The molecule has 2 aromatic rings. The van der Waals surface area contributed by atoms with Gasteiger partial charge in [-0.3, -0.25) is 0 Å². The topological polar surface area (TPSA) is 83.6 Å². The molecule has 0 bridgehead atoms. The summed E-state index contributed by atoms with van der Waals surface area (Å²) in [7, 11) is 0. The van der Waals surface area contributed by atoms with Crippen LogP contribution in [0.1, 0.15) is 41.7 Å². The first kappa shape index (κ1) is 21.1. The molecule has 0 aromatic carbocycles. The highest BCUT2D eigenvalue weighted by atomic mass is 32.1. The van der Waals surface area contributed by atoms with Gasteiger partial charge in [0.25, 0.3) is 0 Å². The predicted molar refractivity (Wildman–Crippen MR) is 110 cm³/mol. The lowest BCUT2D eigenvalue weighted by Crippen LogP contribution is -2.37. The summed E-state index contributed by atoms with van der Waals surface area (Å²) in [6, 6.07) is 1.60. The number of anilines is 1. The van der Waals surface area contributed by atoms with Gasteiger partial charge in [-0.25, -0.2) is 14.6 Å². The number of carbonyl (C=O) groups excluding carboxylic acids is 2. The molecular formula is C19H28N4O3S. The number of nitrogens with one attached hydrogen (secondary N) is 2. The minimum absolute atomic E-state index is 0.272. The quantitative estimate of drug-likeness (QED) is 0.671. The zero-order valence-corrected chi connectivity index (χ0v) is 17.5. The van der Waals surface area contributed by atoms with E-state index in [1.54, 1.807) is 6.92 Å². The van der Waals surface area contributed by atoms with E-state index in [0.29, 0.717) is 21.9 Å². The van der Waals surface area contributed by atoms with E-state index in [0.717, 1.165) is 36.3 Å². The third kappa shape index (κ3) is 5.17. The second-order valence-electron chi connectivity index (χ2n) is 6.20. The van der Waals surface area contributed by atoms with E-state index in [1.165, 1.54) is 11.3 Å². The summed E-state index contributed by atoms with van der Waals surface area (Å²) in [6.07, 6.45) is 0. The van der Waals surface area contributed by atoms with Gasteiger partial charge in [0, 0.05) is 24.2 Å². The van der Waals surface area contributed by atoms with Gasteiger partial charge in [-0.1, -0.05) is 13.8 Å². The second-order valence-corrected chi connectivity index (χ2v) is 7.19. The SMILES string of the molecule is CCOC(=O)c1sc2nc(C)cc(C)c2c1NC(=O)NCCN(CC)CC. The molecule has 148 valence electrons. The number of rotatable bonds is 8. The Morgan fingerprint density at radius 1 is 1.22 bits per heavy atom. The molecule has 7 nitrogen and oxygen atoms in total. The fraction of sp³-hybridized carbons (Fsp3) is 0.526. The van der Waals surface area contributed by atoms with Crippen LogP contribution in [0.15, 0.2) is 6.07 Å². The van der Waals surface area contributed by atoms with E-state index >= 15 is 0 Å².